The van der Waals surface area contributed by atoms with Crippen molar-refractivity contribution in [2.24, 2.45) is 0 Å². The van der Waals surface area contributed by atoms with Crippen LogP contribution >= 0.6 is 11.6 Å². The Morgan fingerprint density at radius 2 is 2.10 bits per heavy atom. The third-order valence-corrected chi connectivity index (χ3v) is 3.57. The number of hydrogen-bond acceptors (Lipinski definition) is 4. The van der Waals surface area contributed by atoms with Gasteiger partial charge < -0.3 is 10.1 Å². The minimum Gasteiger partial charge on any atom is -0.453 e. The van der Waals surface area contributed by atoms with Crippen LogP contribution in [0.5, 0.6) is 0 Å². The first-order valence-electron chi connectivity index (χ1n) is 6.44. The van der Waals surface area contributed by atoms with Crippen LogP contribution in [0.1, 0.15) is 16.8 Å². The average Bonchev–Trinajstić information content (AvgIpc) is 2.86. The van der Waals surface area contributed by atoms with Gasteiger partial charge in [-0.3, -0.25) is 9.69 Å². The van der Waals surface area contributed by atoms with Crippen molar-refractivity contribution >= 4 is 23.5 Å². The van der Waals surface area contributed by atoms with Crippen LogP contribution in [0.2, 0.25) is 5.02 Å². The highest BCUT2D eigenvalue weighted by Gasteiger charge is 2.25. The lowest BCUT2D eigenvalue weighted by Crippen LogP contribution is -2.37. The predicted octanol–water partition coefficient (Wildman–Crippen LogP) is 1.95. The molecule has 1 aliphatic rings. The normalized spacial score (nSPS) is 18.8. The maximum absolute atomic E-state index is 12.1. The summed E-state index contributed by atoms with van der Waals surface area (Å²) in [6.45, 7) is 1.80. The van der Waals surface area contributed by atoms with Gasteiger partial charge in [0.05, 0.1) is 13.7 Å². The number of alkyl carbamates (subject to hydrolysis) is 1. The highest BCUT2D eigenvalue weighted by atomic mass is 35.5. The van der Waals surface area contributed by atoms with Gasteiger partial charge in [0.2, 0.25) is 0 Å². The Morgan fingerprint density at radius 3 is 2.75 bits per heavy atom. The summed E-state index contributed by atoms with van der Waals surface area (Å²) in [5, 5.41) is 3.36. The van der Waals surface area contributed by atoms with E-state index in [1.54, 1.807) is 24.3 Å². The molecule has 1 aliphatic heterocycles. The molecule has 0 aliphatic carbocycles. The average molecular weight is 297 g/mol. The van der Waals surface area contributed by atoms with Gasteiger partial charge in [-0.2, -0.15) is 0 Å². The van der Waals surface area contributed by atoms with Gasteiger partial charge in [-0.15, -0.1) is 0 Å². The summed E-state index contributed by atoms with van der Waals surface area (Å²) in [6, 6.07) is 6.91. The number of ketones is 1. The fourth-order valence-electron chi connectivity index (χ4n) is 2.25. The summed E-state index contributed by atoms with van der Waals surface area (Å²) >= 11 is 5.79. The van der Waals surface area contributed by atoms with Gasteiger partial charge in [-0.1, -0.05) is 11.6 Å². The molecule has 108 valence electrons. The zero-order valence-corrected chi connectivity index (χ0v) is 12.0. The van der Waals surface area contributed by atoms with E-state index in [1.807, 2.05) is 4.90 Å². The number of nitrogens with zero attached hydrogens (tertiary/aromatic N) is 1. The SMILES string of the molecule is COC(=O)NC1CCN(CC(=O)c2ccc(Cl)cc2)C1. The van der Waals surface area contributed by atoms with E-state index in [2.05, 4.69) is 10.1 Å². The van der Waals surface area contributed by atoms with Crippen LogP contribution < -0.4 is 5.32 Å². The summed E-state index contributed by atoms with van der Waals surface area (Å²) in [5.74, 6) is 0.0559. The minimum absolute atomic E-state index is 0.0421. The fourth-order valence-corrected chi connectivity index (χ4v) is 2.38. The Balaban J connectivity index is 1.84. The van der Waals surface area contributed by atoms with Crippen LogP contribution in [0.4, 0.5) is 4.79 Å². The van der Waals surface area contributed by atoms with E-state index in [-0.39, 0.29) is 11.8 Å². The highest BCUT2D eigenvalue weighted by Crippen LogP contribution is 2.13. The molecule has 1 saturated heterocycles. The third-order valence-electron chi connectivity index (χ3n) is 3.31. The summed E-state index contributed by atoms with van der Waals surface area (Å²) in [7, 11) is 1.34. The number of carbonyl (C=O) groups is 2. The van der Waals surface area contributed by atoms with Crippen molar-refractivity contribution in [3.8, 4) is 0 Å². The van der Waals surface area contributed by atoms with Gasteiger partial charge in [0, 0.05) is 29.7 Å². The largest absolute Gasteiger partial charge is 0.453 e. The molecule has 1 N–H and O–H groups in total. The number of likely N-dealkylation sites (tertiary alicyclic amines) is 1. The summed E-state index contributed by atoms with van der Waals surface area (Å²) in [5.41, 5.74) is 0.652. The number of halogens is 1. The molecule has 1 heterocycles. The molecular weight excluding hydrogens is 280 g/mol. The lowest BCUT2D eigenvalue weighted by molar-refractivity contribution is 0.0944. The van der Waals surface area contributed by atoms with Gasteiger partial charge in [0.15, 0.2) is 5.78 Å². The van der Waals surface area contributed by atoms with Crippen LogP contribution in [0.15, 0.2) is 24.3 Å². The Labute approximate surface area is 122 Å². The van der Waals surface area contributed by atoms with Gasteiger partial charge in [0.25, 0.3) is 0 Å². The lowest BCUT2D eigenvalue weighted by Gasteiger charge is -2.15. The van der Waals surface area contributed by atoms with Gasteiger partial charge >= 0.3 is 6.09 Å². The number of nitrogens with one attached hydrogen (secondary N) is 1. The Bertz CT molecular complexity index is 490. The summed E-state index contributed by atoms with van der Waals surface area (Å²) < 4.78 is 4.56. The first-order valence-corrected chi connectivity index (χ1v) is 6.82. The van der Waals surface area contributed by atoms with Gasteiger partial charge in [-0.25, -0.2) is 4.79 Å². The number of Topliss-reactive ketones (excluding diaryl/α,β-unsaturated/α-hetero) is 1. The Hall–Kier alpha value is -1.59. The monoisotopic (exact) mass is 296 g/mol. The molecule has 1 fully saturated rings. The number of carbonyl (C=O) groups excluding carboxylic acids is 2. The fraction of sp³-hybridized carbons (Fsp3) is 0.429. The highest BCUT2D eigenvalue weighted by molar-refractivity contribution is 6.30. The van der Waals surface area contributed by atoms with Crippen LogP contribution in [-0.2, 0) is 4.74 Å². The molecule has 6 heteroatoms. The minimum atomic E-state index is -0.430. The zero-order valence-electron chi connectivity index (χ0n) is 11.3. The maximum Gasteiger partial charge on any atom is 0.407 e. The number of ether oxygens (including phenoxy) is 1. The van der Waals surface area contributed by atoms with Crippen molar-refractivity contribution in [1.82, 2.24) is 10.2 Å². The Kier molecular flexibility index (Phi) is 4.98. The van der Waals surface area contributed by atoms with E-state index in [4.69, 9.17) is 11.6 Å². The van der Waals surface area contributed by atoms with Gasteiger partial charge in [0.1, 0.15) is 0 Å². The lowest BCUT2D eigenvalue weighted by atomic mass is 10.1. The van der Waals surface area contributed by atoms with E-state index in [1.165, 1.54) is 7.11 Å². The topological polar surface area (TPSA) is 58.6 Å². The molecule has 0 radical (unpaired) electrons. The molecule has 5 nitrogen and oxygen atoms in total. The number of hydrogen-bond donors (Lipinski definition) is 1. The number of rotatable bonds is 4. The second kappa shape index (κ2) is 6.72. The third kappa shape index (κ3) is 3.95. The molecule has 0 bridgehead atoms. The van der Waals surface area contributed by atoms with Crippen LogP contribution in [-0.4, -0.2) is 49.6 Å². The zero-order chi connectivity index (χ0) is 14.5. The predicted molar refractivity (Wildman–Crippen MR) is 76.2 cm³/mol. The maximum atomic E-state index is 12.1. The quantitative estimate of drug-likeness (QED) is 0.863. The van der Waals surface area contributed by atoms with E-state index < -0.39 is 6.09 Å². The van der Waals surface area contributed by atoms with Crippen LogP contribution in [0.3, 0.4) is 0 Å². The van der Waals surface area contributed by atoms with Gasteiger partial charge in [-0.05, 0) is 30.7 Å². The molecule has 0 aromatic heterocycles. The van der Waals surface area contributed by atoms with Crippen molar-refractivity contribution in [3.63, 3.8) is 0 Å². The second-order valence-electron chi connectivity index (χ2n) is 4.79. The molecule has 1 atom stereocenters. The van der Waals surface area contributed by atoms with Crippen LogP contribution in [0.25, 0.3) is 0 Å². The molecule has 20 heavy (non-hydrogen) atoms. The molecule has 1 amide bonds. The van der Waals surface area contributed by atoms with Crippen molar-refractivity contribution in [2.45, 2.75) is 12.5 Å². The molecule has 0 saturated carbocycles. The number of methoxy groups -OCH3 is 1. The van der Waals surface area contributed by atoms with Crippen molar-refractivity contribution < 1.29 is 14.3 Å². The van der Waals surface area contributed by atoms with E-state index in [0.717, 1.165) is 13.0 Å². The smallest absolute Gasteiger partial charge is 0.407 e. The summed E-state index contributed by atoms with van der Waals surface area (Å²) in [6.07, 6.45) is 0.393. The standard InChI is InChI=1S/C14H17ClN2O3/c1-20-14(19)16-12-6-7-17(8-12)9-13(18)10-2-4-11(15)5-3-10/h2-5,12H,6-9H2,1H3,(H,16,19). The first kappa shape index (κ1) is 14.8. The van der Waals surface area contributed by atoms with Crippen molar-refractivity contribution in [1.29, 1.82) is 0 Å². The molecule has 1 aromatic carbocycles. The number of benzene rings is 1. The first-order chi connectivity index (χ1) is 9.58. The second-order valence-corrected chi connectivity index (χ2v) is 5.22. The molecule has 1 aromatic rings. The molecule has 0 spiro atoms. The summed E-state index contributed by atoms with van der Waals surface area (Å²) in [4.78, 5) is 25.2. The van der Waals surface area contributed by atoms with E-state index >= 15 is 0 Å². The molecular formula is C14H17ClN2O3. The van der Waals surface area contributed by atoms with Crippen molar-refractivity contribution in [3.05, 3.63) is 34.9 Å². The van der Waals surface area contributed by atoms with E-state index in [0.29, 0.717) is 23.7 Å². The van der Waals surface area contributed by atoms with Crippen LogP contribution in [0, 0.1) is 0 Å². The Morgan fingerprint density at radius 1 is 1.40 bits per heavy atom. The molecule has 2 rings (SSSR count). The van der Waals surface area contributed by atoms with E-state index in [9.17, 15) is 9.59 Å². The van der Waals surface area contributed by atoms with Crippen molar-refractivity contribution in [2.75, 3.05) is 26.7 Å². The molecule has 1 unspecified atom stereocenters. The number of amides is 1.